The van der Waals surface area contributed by atoms with E-state index in [1.165, 1.54) is 6.26 Å². The molecule has 5 heteroatoms. The van der Waals surface area contributed by atoms with Gasteiger partial charge in [-0.25, -0.2) is 5.84 Å². The van der Waals surface area contributed by atoms with Gasteiger partial charge in [-0.3, -0.25) is 10.2 Å². The molecule has 100 valence electrons. The van der Waals surface area contributed by atoms with E-state index in [2.05, 4.69) is 5.43 Å². The number of nitrogens with one attached hydrogen (secondary N) is 1. The average Bonchev–Trinajstić information content (AvgIpc) is 2.93. The number of benzene rings is 1. The molecule has 2 rings (SSSR count). The van der Waals surface area contributed by atoms with Crippen LogP contribution >= 0.6 is 0 Å². The average molecular weight is 260 g/mol. The van der Waals surface area contributed by atoms with Gasteiger partial charge in [0.15, 0.2) is 5.76 Å². The number of para-hydroxylation sites is 1. The lowest BCUT2D eigenvalue weighted by Crippen LogP contribution is -2.30. The number of hydrazine groups is 1. The predicted molar refractivity (Wildman–Crippen MR) is 71.6 cm³/mol. The summed E-state index contributed by atoms with van der Waals surface area (Å²) in [5, 5.41) is 0. The third-order valence-corrected chi connectivity index (χ3v) is 2.64. The van der Waals surface area contributed by atoms with Crippen molar-refractivity contribution in [3.63, 3.8) is 0 Å². The molecule has 1 aromatic carbocycles. The third kappa shape index (κ3) is 2.77. The molecule has 0 aliphatic carbocycles. The molecule has 0 spiro atoms. The summed E-state index contributed by atoms with van der Waals surface area (Å²) in [5.74, 6) is 5.57. The summed E-state index contributed by atoms with van der Waals surface area (Å²) in [6.45, 7) is 2.65. The highest BCUT2D eigenvalue weighted by Crippen LogP contribution is 2.33. The summed E-state index contributed by atoms with van der Waals surface area (Å²) in [6.07, 6.45) is 2.37. The van der Waals surface area contributed by atoms with Crippen molar-refractivity contribution in [1.82, 2.24) is 5.43 Å². The lowest BCUT2D eigenvalue weighted by molar-refractivity contribution is 0.0927. The van der Waals surface area contributed by atoms with Crippen LogP contribution in [0.1, 0.15) is 23.9 Å². The van der Waals surface area contributed by atoms with Gasteiger partial charge in [0.05, 0.1) is 12.9 Å². The molecule has 0 saturated carbocycles. The van der Waals surface area contributed by atoms with Crippen molar-refractivity contribution in [2.45, 2.75) is 13.3 Å². The van der Waals surface area contributed by atoms with E-state index in [1.54, 1.807) is 6.07 Å². The van der Waals surface area contributed by atoms with E-state index in [9.17, 15) is 4.79 Å². The van der Waals surface area contributed by atoms with Gasteiger partial charge < -0.3 is 9.15 Å². The number of amides is 1. The number of hydrogen-bond donors (Lipinski definition) is 2. The SMILES string of the molecule is CCCOc1ccccc1-c1ccoc1C(=O)NN. The minimum absolute atomic E-state index is 0.176. The van der Waals surface area contributed by atoms with Crippen LogP contribution in [0.4, 0.5) is 0 Å². The molecule has 0 aliphatic heterocycles. The van der Waals surface area contributed by atoms with Gasteiger partial charge >= 0.3 is 5.91 Å². The summed E-state index contributed by atoms with van der Waals surface area (Å²) < 4.78 is 10.9. The van der Waals surface area contributed by atoms with Gasteiger partial charge in [0.1, 0.15) is 5.75 Å². The molecule has 0 bridgehead atoms. The van der Waals surface area contributed by atoms with Crippen LogP contribution in [0.15, 0.2) is 41.0 Å². The van der Waals surface area contributed by atoms with E-state index in [0.717, 1.165) is 17.7 Å². The zero-order valence-corrected chi connectivity index (χ0v) is 10.7. The molecule has 0 aliphatic rings. The Morgan fingerprint density at radius 2 is 2.11 bits per heavy atom. The van der Waals surface area contributed by atoms with Crippen LogP contribution in [0.5, 0.6) is 5.75 Å². The number of hydrogen-bond acceptors (Lipinski definition) is 4. The minimum Gasteiger partial charge on any atom is -0.493 e. The largest absolute Gasteiger partial charge is 0.493 e. The second-order valence-corrected chi connectivity index (χ2v) is 3.98. The van der Waals surface area contributed by atoms with E-state index in [4.69, 9.17) is 15.0 Å². The van der Waals surface area contributed by atoms with Crippen molar-refractivity contribution in [3.05, 3.63) is 42.4 Å². The van der Waals surface area contributed by atoms with E-state index in [0.29, 0.717) is 12.2 Å². The van der Waals surface area contributed by atoms with Gasteiger partial charge in [-0.1, -0.05) is 25.1 Å². The molecule has 0 fully saturated rings. The van der Waals surface area contributed by atoms with Crippen molar-refractivity contribution in [1.29, 1.82) is 0 Å². The van der Waals surface area contributed by atoms with E-state index >= 15 is 0 Å². The molecular formula is C14H16N2O3. The van der Waals surface area contributed by atoms with Crippen molar-refractivity contribution >= 4 is 5.91 Å². The summed E-state index contributed by atoms with van der Waals surface area (Å²) in [5.41, 5.74) is 3.54. The van der Waals surface area contributed by atoms with Crippen molar-refractivity contribution in [2.24, 2.45) is 5.84 Å². The van der Waals surface area contributed by atoms with Crippen LogP contribution in [0.3, 0.4) is 0 Å². The van der Waals surface area contributed by atoms with Gasteiger partial charge in [-0.2, -0.15) is 0 Å². The number of nitrogens with two attached hydrogens (primary N) is 1. The monoisotopic (exact) mass is 260 g/mol. The Balaban J connectivity index is 2.41. The molecule has 0 unspecified atom stereocenters. The van der Waals surface area contributed by atoms with Gasteiger partial charge in [0, 0.05) is 11.1 Å². The highest BCUT2D eigenvalue weighted by atomic mass is 16.5. The van der Waals surface area contributed by atoms with Gasteiger partial charge in [0.25, 0.3) is 0 Å². The Hall–Kier alpha value is -2.27. The minimum atomic E-state index is -0.467. The summed E-state index contributed by atoms with van der Waals surface area (Å²) in [7, 11) is 0. The molecule has 0 saturated heterocycles. The molecule has 5 nitrogen and oxygen atoms in total. The maximum absolute atomic E-state index is 11.6. The predicted octanol–water partition coefficient (Wildman–Crippen LogP) is 2.34. The van der Waals surface area contributed by atoms with Crippen LogP contribution in [0.25, 0.3) is 11.1 Å². The highest BCUT2D eigenvalue weighted by Gasteiger charge is 2.18. The van der Waals surface area contributed by atoms with Gasteiger partial charge in [0.2, 0.25) is 0 Å². The Morgan fingerprint density at radius 1 is 1.32 bits per heavy atom. The number of ether oxygens (including phenoxy) is 1. The highest BCUT2D eigenvalue weighted by molar-refractivity contribution is 5.98. The van der Waals surface area contributed by atoms with Crippen LogP contribution < -0.4 is 16.0 Å². The zero-order chi connectivity index (χ0) is 13.7. The number of carbonyl (C=O) groups excluding carboxylic acids is 1. The zero-order valence-electron chi connectivity index (χ0n) is 10.7. The van der Waals surface area contributed by atoms with Crippen LogP contribution in [0, 0.1) is 0 Å². The van der Waals surface area contributed by atoms with Crippen LogP contribution in [-0.2, 0) is 0 Å². The van der Waals surface area contributed by atoms with E-state index < -0.39 is 5.91 Å². The van der Waals surface area contributed by atoms with E-state index in [-0.39, 0.29) is 5.76 Å². The van der Waals surface area contributed by atoms with Crippen molar-refractivity contribution < 1.29 is 13.9 Å². The number of carbonyl (C=O) groups is 1. The lowest BCUT2D eigenvalue weighted by atomic mass is 10.0. The first-order valence-corrected chi connectivity index (χ1v) is 6.08. The molecule has 19 heavy (non-hydrogen) atoms. The molecule has 0 atom stereocenters. The maximum atomic E-state index is 11.6. The second kappa shape index (κ2) is 6.06. The fraction of sp³-hybridized carbons (Fsp3) is 0.214. The maximum Gasteiger partial charge on any atom is 0.301 e. The Bertz CT molecular complexity index is 563. The Labute approximate surface area is 111 Å². The lowest BCUT2D eigenvalue weighted by Gasteiger charge is -2.10. The standard InChI is InChI=1S/C14H16N2O3/c1-2-8-18-12-6-4-3-5-10(12)11-7-9-19-13(11)14(17)16-15/h3-7,9H,2,8,15H2,1H3,(H,16,17). The first-order chi connectivity index (χ1) is 9.27. The smallest absolute Gasteiger partial charge is 0.301 e. The number of furan rings is 1. The van der Waals surface area contributed by atoms with Gasteiger partial charge in [-0.05, 0) is 18.6 Å². The second-order valence-electron chi connectivity index (χ2n) is 3.98. The third-order valence-electron chi connectivity index (χ3n) is 2.64. The number of nitrogen functional groups attached to an aromatic ring is 1. The Morgan fingerprint density at radius 3 is 2.84 bits per heavy atom. The van der Waals surface area contributed by atoms with Crippen molar-refractivity contribution in [3.8, 4) is 16.9 Å². The summed E-state index contributed by atoms with van der Waals surface area (Å²) in [6, 6.07) is 9.23. The molecule has 1 aromatic heterocycles. The normalized spacial score (nSPS) is 10.2. The quantitative estimate of drug-likeness (QED) is 0.491. The van der Waals surface area contributed by atoms with Crippen LogP contribution in [-0.4, -0.2) is 12.5 Å². The number of rotatable bonds is 5. The molecule has 0 radical (unpaired) electrons. The molecule has 2 aromatic rings. The van der Waals surface area contributed by atoms with E-state index in [1.807, 2.05) is 31.2 Å². The molecule has 1 amide bonds. The Kier molecular flexibility index (Phi) is 4.20. The first-order valence-electron chi connectivity index (χ1n) is 6.08. The molecule has 1 heterocycles. The van der Waals surface area contributed by atoms with Gasteiger partial charge in [-0.15, -0.1) is 0 Å². The summed E-state index contributed by atoms with van der Waals surface area (Å²) >= 11 is 0. The fourth-order valence-electron chi connectivity index (χ4n) is 1.79. The fourth-order valence-corrected chi connectivity index (χ4v) is 1.79. The topological polar surface area (TPSA) is 77.5 Å². The van der Waals surface area contributed by atoms with Crippen LogP contribution in [0.2, 0.25) is 0 Å². The van der Waals surface area contributed by atoms with Crippen molar-refractivity contribution in [2.75, 3.05) is 6.61 Å². The first kappa shape index (κ1) is 13.2. The molecular weight excluding hydrogens is 244 g/mol. The summed E-state index contributed by atoms with van der Waals surface area (Å²) in [4.78, 5) is 11.6. The molecule has 3 N–H and O–H groups in total.